The first-order chi connectivity index (χ1) is 8.91. The smallest absolute Gasteiger partial charge is 0.229 e. The van der Waals surface area contributed by atoms with Crippen molar-refractivity contribution >= 4 is 35.0 Å². The molecule has 1 fully saturated rings. The van der Waals surface area contributed by atoms with Crippen LogP contribution in [0.4, 0.5) is 5.13 Å². The van der Waals surface area contributed by atoms with Crippen LogP contribution in [0.15, 0.2) is 0 Å². The van der Waals surface area contributed by atoms with Crippen LogP contribution >= 0.6 is 23.9 Å². The number of halogens is 1. The summed E-state index contributed by atoms with van der Waals surface area (Å²) in [5.74, 6) is 1.17. The molecule has 7 heteroatoms. The number of amides is 1. The molecule has 0 unspecified atom stereocenters. The summed E-state index contributed by atoms with van der Waals surface area (Å²) in [4.78, 5) is 16.6. The highest BCUT2D eigenvalue weighted by Gasteiger charge is 2.32. The number of carbonyl (C=O) groups is 1. The number of nitrogens with two attached hydrogens (primary N) is 1. The van der Waals surface area contributed by atoms with Crippen LogP contribution in [-0.2, 0) is 10.2 Å². The SMILES string of the molecule is CC(C)(C)c1nsc(NC(=O)[C@@H]2CCC[C@@H]2CN)n1.Cl. The third-order valence-corrected chi connectivity index (χ3v) is 4.26. The summed E-state index contributed by atoms with van der Waals surface area (Å²) in [6, 6.07) is 0. The molecule has 1 aliphatic carbocycles. The van der Waals surface area contributed by atoms with Crippen molar-refractivity contribution in [1.82, 2.24) is 9.36 Å². The van der Waals surface area contributed by atoms with Crippen molar-refractivity contribution in [1.29, 1.82) is 0 Å². The average molecular weight is 319 g/mol. The van der Waals surface area contributed by atoms with Gasteiger partial charge in [0.15, 0.2) is 0 Å². The molecule has 1 aliphatic rings. The van der Waals surface area contributed by atoms with Gasteiger partial charge in [-0.15, -0.1) is 12.4 Å². The molecule has 0 aromatic carbocycles. The Balaban J connectivity index is 0.00000200. The molecule has 1 saturated carbocycles. The van der Waals surface area contributed by atoms with Gasteiger partial charge >= 0.3 is 0 Å². The standard InChI is InChI=1S/C13H22N4OS.ClH/c1-13(2,3)11-16-12(19-17-11)15-10(18)9-6-4-5-8(9)7-14;/h8-9H,4-7,14H2,1-3H3,(H,15,16,17,18);1H/t8-,9-;/m1./s1. The summed E-state index contributed by atoms with van der Waals surface area (Å²) < 4.78 is 4.30. The number of nitrogens with zero attached hydrogens (tertiary/aromatic N) is 2. The normalized spacial score (nSPS) is 22.4. The Kier molecular flexibility index (Phi) is 5.91. The third-order valence-electron chi connectivity index (χ3n) is 3.63. The van der Waals surface area contributed by atoms with E-state index in [-0.39, 0.29) is 29.6 Å². The highest BCUT2D eigenvalue weighted by Crippen LogP contribution is 2.32. The highest BCUT2D eigenvalue weighted by molar-refractivity contribution is 7.09. The molecule has 2 rings (SSSR count). The fourth-order valence-electron chi connectivity index (χ4n) is 2.44. The van der Waals surface area contributed by atoms with Crippen LogP contribution < -0.4 is 11.1 Å². The van der Waals surface area contributed by atoms with Crippen molar-refractivity contribution < 1.29 is 4.79 Å². The Morgan fingerprint density at radius 1 is 1.45 bits per heavy atom. The van der Waals surface area contributed by atoms with Crippen LogP contribution in [0.3, 0.4) is 0 Å². The van der Waals surface area contributed by atoms with Crippen LogP contribution in [0.2, 0.25) is 0 Å². The van der Waals surface area contributed by atoms with E-state index in [1.807, 2.05) is 0 Å². The van der Waals surface area contributed by atoms with Gasteiger partial charge in [0.05, 0.1) is 0 Å². The van der Waals surface area contributed by atoms with Crippen LogP contribution in [0.25, 0.3) is 0 Å². The Morgan fingerprint density at radius 2 is 2.15 bits per heavy atom. The summed E-state index contributed by atoms with van der Waals surface area (Å²) in [6.07, 6.45) is 3.07. The minimum atomic E-state index is -0.0906. The van der Waals surface area contributed by atoms with Crippen molar-refractivity contribution in [2.24, 2.45) is 17.6 Å². The first-order valence-electron chi connectivity index (χ1n) is 6.77. The molecule has 5 nitrogen and oxygen atoms in total. The van der Waals surface area contributed by atoms with Gasteiger partial charge in [0.1, 0.15) is 5.82 Å². The highest BCUT2D eigenvalue weighted by atomic mass is 35.5. The molecular weight excluding hydrogens is 296 g/mol. The topological polar surface area (TPSA) is 80.9 Å². The van der Waals surface area contributed by atoms with E-state index in [2.05, 4.69) is 35.4 Å². The number of aromatic nitrogens is 2. The molecule has 2 atom stereocenters. The molecule has 1 aromatic heterocycles. The fraction of sp³-hybridized carbons (Fsp3) is 0.769. The van der Waals surface area contributed by atoms with Crippen LogP contribution in [0, 0.1) is 11.8 Å². The van der Waals surface area contributed by atoms with Crippen molar-refractivity contribution in [3.05, 3.63) is 5.82 Å². The van der Waals surface area contributed by atoms with Crippen LogP contribution in [0.1, 0.15) is 45.9 Å². The van der Waals surface area contributed by atoms with E-state index in [1.54, 1.807) is 0 Å². The second kappa shape index (κ2) is 6.83. The molecule has 0 spiro atoms. The molecule has 114 valence electrons. The van der Waals surface area contributed by atoms with Gasteiger partial charge in [-0.1, -0.05) is 27.2 Å². The maximum absolute atomic E-state index is 12.2. The number of nitrogens with one attached hydrogen (secondary N) is 1. The number of anilines is 1. The molecule has 0 aliphatic heterocycles. The van der Waals surface area contributed by atoms with Gasteiger partial charge in [-0.05, 0) is 25.3 Å². The van der Waals surface area contributed by atoms with E-state index in [9.17, 15) is 4.79 Å². The predicted molar refractivity (Wildman–Crippen MR) is 84.4 cm³/mol. The van der Waals surface area contributed by atoms with Gasteiger partial charge in [0, 0.05) is 22.9 Å². The molecule has 0 saturated heterocycles. The largest absolute Gasteiger partial charge is 0.330 e. The van der Waals surface area contributed by atoms with Gasteiger partial charge < -0.3 is 11.1 Å². The molecular formula is C13H23ClN4OS. The number of hydrogen-bond donors (Lipinski definition) is 2. The van der Waals surface area contributed by atoms with Crippen molar-refractivity contribution in [3.63, 3.8) is 0 Å². The van der Waals surface area contributed by atoms with Gasteiger partial charge in [0.2, 0.25) is 11.0 Å². The Bertz CT molecular complexity index is 457. The quantitative estimate of drug-likeness (QED) is 0.897. The first-order valence-corrected chi connectivity index (χ1v) is 7.54. The molecule has 20 heavy (non-hydrogen) atoms. The van der Waals surface area contributed by atoms with Gasteiger partial charge in [-0.3, -0.25) is 4.79 Å². The van der Waals surface area contributed by atoms with E-state index in [0.717, 1.165) is 25.1 Å². The van der Waals surface area contributed by atoms with Crippen LogP contribution in [-0.4, -0.2) is 21.8 Å². The summed E-state index contributed by atoms with van der Waals surface area (Å²) in [5, 5.41) is 3.49. The lowest BCUT2D eigenvalue weighted by Gasteiger charge is -2.16. The van der Waals surface area contributed by atoms with Gasteiger partial charge in [-0.2, -0.15) is 4.37 Å². The number of rotatable bonds is 3. The van der Waals surface area contributed by atoms with Crippen molar-refractivity contribution in [2.75, 3.05) is 11.9 Å². The van der Waals surface area contributed by atoms with Gasteiger partial charge in [0.25, 0.3) is 0 Å². The molecule has 3 N–H and O–H groups in total. The zero-order chi connectivity index (χ0) is 14.0. The Labute approximate surface area is 130 Å². The predicted octanol–water partition coefficient (Wildman–Crippen LogP) is 2.57. The minimum Gasteiger partial charge on any atom is -0.330 e. The van der Waals surface area contributed by atoms with Gasteiger partial charge in [-0.25, -0.2) is 4.98 Å². The maximum atomic E-state index is 12.2. The third kappa shape index (κ3) is 3.90. The minimum absolute atomic E-state index is 0. The first kappa shape index (κ1) is 17.3. The van der Waals surface area contributed by atoms with Crippen molar-refractivity contribution in [3.8, 4) is 0 Å². The van der Waals surface area contributed by atoms with E-state index >= 15 is 0 Å². The van der Waals surface area contributed by atoms with E-state index < -0.39 is 0 Å². The molecule has 0 bridgehead atoms. The molecule has 1 amide bonds. The maximum Gasteiger partial charge on any atom is 0.229 e. The Morgan fingerprint density at radius 3 is 2.70 bits per heavy atom. The molecule has 1 heterocycles. The zero-order valence-electron chi connectivity index (χ0n) is 12.2. The average Bonchev–Trinajstić information content (AvgIpc) is 2.95. The number of carbonyl (C=O) groups excluding carboxylic acids is 1. The molecule has 1 aromatic rings. The zero-order valence-corrected chi connectivity index (χ0v) is 13.8. The van der Waals surface area contributed by atoms with Crippen LogP contribution in [0.5, 0.6) is 0 Å². The summed E-state index contributed by atoms with van der Waals surface area (Å²) in [6.45, 7) is 6.76. The molecule has 0 radical (unpaired) electrons. The fourth-order valence-corrected chi connectivity index (χ4v) is 3.20. The van der Waals surface area contributed by atoms with E-state index in [0.29, 0.717) is 17.6 Å². The lowest BCUT2D eigenvalue weighted by Crippen LogP contribution is -2.29. The summed E-state index contributed by atoms with van der Waals surface area (Å²) in [5.41, 5.74) is 5.62. The second-order valence-corrected chi connectivity index (χ2v) is 6.95. The summed E-state index contributed by atoms with van der Waals surface area (Å²) in [7, 11) is 0. The Hall–Kier alpha value is -0.720. The lowest BCUT2D eigenvalue weighted by molar-refractivity contribution is -0.120. The van der Waals surface area contributed by atoms with E-state index in [4.69, 9.17) is 5.73 Å². The van der Waals surface area contributed by atoms with E-state index in [1.165, 1.54) is 11.5 Å². The second-order valence-electron chi connectivity index (χ2n) is 6.20. The van der Waals surface area contributed by atoms with Crippen molar-refractivity contribution in [2.45, 2.75) is 45.4 Å². The lowest BCUT2D eigenvalue weighted by atomic mass is 9.95. The number of hydrogen-bond acceptors (Lipinski definition) is 5. The monoisotopic (exact) mass is 318 g/mol. The summed E-state index contributed by atoms with van der Waals surface area (Å²) >= 11 is 1.25.